The maximum atomic E-state index is 12.2. The Morgan fingerprint density at radius 3 is 2.67 bits per heavy atom. The first-order chi connectivity index (χ1) is 6.97. The first-order valence-corrected chi connectivity index (χ1v) is 3.74. The molecule has 0 spiro atoms. The molecule has 0 aromatic carbocycles. The van der Waals surface area contributed by atoms with Crippen LogP contribution in [0.3, 0.4) is 0 Å². The topological polar surface area (TPSA) is 91.3 Å². The van der Waals surface area contributed by atoms with Gasteiger partial charge in [-0.15, -0.1) is 0 Å². The van der Waals surface area contributed by atoms with Crippen molar-refractivity contribution < 1.29 is 18.4 Å². The van der Waals surface area contributed by atoms with E-state index in [1.54, 1.807) is 0 Å². The molecule has 6 nitrogen and oxygen atoms in total. The third-order valence-corrected chi connectivity index (χ3v) is 1.62. The van der Waals surface area contributed by atoms with E-state index in [-0.39, 0.29) is 5.75 Å². The molecule has 0 aliphatic heterocycles. The molecular formula is C7H7F2N3O3. The number of aromatic nitrogens is 1. The summed E-state index contributed by atoms with van der Waals surface area (Å²) in [6.45, 7) is 0. The Hall–Kier alpha value is -1.99. The smallest absolute Gasteiger partial charge is 0.316 e. The highest BCUT2D eigenvalue weighted by atomic mass is 19.3. The fraction of sp³-hybridized carbons (Fsp3) is 0.286. The number of pyridine rings is 1. The molecule has 0 amide bonds. The number of anilines is 1. The van der Waals surface area contributed by atoms with Crippen LogP contribution in [0.1, 0.15) is 12.1 Å². The van der Waals surface area contributed by atoms with Gasteiger partial charge in [0, 0.05) is 6.07 Å². The van der Waals surface area contributed by atoms with E-state index in [1.807, 2.05) is 0 Å². The molecule has 82 valence electrons. The molecule has 0 aliphatic carbocycles. The van der Waals surface area contributed by atoms with E-state index in [9.17, 15) is 18.9 Å². The normalized spacial score (nSPS) is 10.4. The Labute approximate surface area is 82.8 Å². The predicted octanol–water partition coefficient (Wildman–Crippen LogP) is 1.52. The number of nitrogen functional groups attached to an aromatic ring is 1. The molecule has 15 heavy (non-hydrogen) atoms. The minimum absolute atomic E-state index is 0.315. The molecule has 0 aliphatic rings. The van der Waals surface area contributed by atoms with Crippen molar-refractivity contribution in [1.82, 2.24) is 4.98 Å². The molecule has 0 atom stereocenters. The fourth-order valence-corrected chi connectivity index (χ4v) is 1.02. The molecule has 0 bridgehead atoms. The van der Waals surface area contributed by atoms with Crippen molar-refractivity contribution in [3.05, 3.63) is 21.9 Å². The van der Waals surface area contributed by atoms with Crippen molar-refractivity contribution >= 4 is 11.5 Å². The van der Waals surface area contributed by atoms with E-state index in [0.717, 1.165) is 7.11 Å². The van der Waals surface area contributed by atoms with Gasteiger partial charge in [0.15, 0.2) is 5.82 Å². The number of rotatable bonds is 3. The van der Waals surface area contributed by atoms with Crippen molar-refractivity contribution in [2.45, 2.75) is 6.43 Å². The monoisotopic (exact) mass is 219 g/mol. The Kier molecular flexibility index (Phi) is 2.98. The van der Waals surface area contributed by atoms with Crippen LogP contribution in [0.5, 0.6) is 5.75 Å². The molecule has 8 heteroatoms. The highest BCUT2D eigenvalue weighted by molar-refractivity contribution is 5.60. The van der Waals surface area contributed by atoms with Crippen LogP contribution in [0.25, 0.3) is 0 Å². The summed E-state index contributed by atoms with van der Waals surface area (Å²) in [6.07, 6.45) is -2.92. The average Bonchev–Trinajstić information content (AvgIpc) is 2.16. The van der Waals surface area contributed by atoms with Gasteiger partial charge in [-0.3, -0.25) is 10.1 Å². The van der Waals surface area contributed by atoms with Gasteiger partial charge in [0.1, 0.15) is 5.69 Å². The van der Waals surface area contributed by atoms with Gasteiger partial charge in [0.2, 0.25) is 5.75 Å². The minimum Gasteiger partial charge on any atom is -0.488 e. The highest BCUT2D eigenvalue weighted by Gasteiger charge is 2.23. The van der Waals surface area contributed by atoms with Gasteiger partial charge in [-0.2, -0.15) is 0 Å². The third kappa shape index (κ3) is 2.09. The van der Waals surface area contributed by atoms with Crippen molar-refractivity contribution in [1.29, 1.82) is 0 Å². The second kappa shape index (κ2) is 4.03. The zero-order chi connectivity index (χ0) is 11.6. The number of methoxy groups -OCH3 is 1. The van der Waals surface area contributed by atoms with Crippen molar-refractivity contribution in [2.75, 3.05) is 12.8 Å². The Morgan fingerprint density at radius 1 is 1.67 bits per heavy atom. The molecule has 0 saturated heterocycles. The molecule has 1 aromatic heterocycles. The number of halogens is 2. The summed E-state index contributed by atoms with van der Waals surface area (Å²) in [5, 5.41) is 10.5. The Balaban J connectivity index is 3.38. The molecule has 0 saturated carbocycles. The summed E-state index contributed by atoms with van der Waals surface area (Å²) in [5.41, 5.74) is 3.86. The van der Waals surface area contributed by atoms with Gasteiger partial charge in [-0.25, -0.2) is 13.8 Å². The quantitative estimate of drug-likeness (QED) is 0.614. The largest absolute Gasteiger partial charge is 0.488 e. The van der Waals surface area contributed by atoms with Crippen molar-refractivity contribution in [3.63, 3.8) is 0 Å². The summed E-state index contributed by atoms with van der Waals surface area (Å²) in [4.78, 5) is 12.9. The zero-order valence-electron chi connectivity index (χ0n) is 7.61. The van der Waals surface area contributed by atoms with Crippen LogP contribution in [0.4, 0.5) is 20.3 Å². The van der Waals surface area contributed by atoms with E-state index >= 15 is 0 Å². The molecule has 0 fully saturated rings. The number of ether oxygens (including phenoxy) is 1. The van der Waals surface area contributed by atoms with Crippen molar-refractivity contribution in [2.24, 2.45) is 0 Å². The molecule has 0 unspecified atom stereocenters. The van der Waals surface area contributed by atoms with Gasteiger partial charge in [-0.05, 0) is 0 Å². The van der Waals surface area contributed by atoms with Crippen LogP contribution in [-0.2, 0) is 0 Å². The molecule has 1 heterocycles. The fourth-order valence-electron chi connectivity index (χ4n) is 1.02. The maximum Gasteiger partial charge on any atom is 0.316 e. The SMILES string of the molecule is COc1c([N+](=O)[O-])cc(C(F)F)nc1N. The lowest BCUT2D eigenvalue weighted by molar-refractivity contribution is -0.385. The molecule has 0 radical (unpaired) electrons. The number of nitro groups is 1. The lowest BCUT2D eigenvalue weighted by Crippen LogP contribution is -2.03. The van der Waals surface area contributed by atoms with Gasteiger partial charge >= 0.3 is 5.69 Å². The maximum absolute atomic E-state index is 12.2. The minimum atomic E-state index is -2.92. The van der Waals surface area contributed by atoms with E-state index < -0.39 is 28.5 Å². The van der Waals surface area contributed by atoms with Gasteiger partial charge in [0.25, 0.3) is 6.43 Å². The summed E-state index contributed by atoms with van der Waals surface area (Å²) < 4.78 is 29.1. The second-order valence-corrected chi connectivity index (χ2v) is 2.54. The van der Waals surface area contributed by atoms with Crippen LogP contribution >= 0.6 is 0 Å². The number of hydrogen-bond donors (Lipinski definition) is 1. The van der Waals surface area contributed by atoms with Gasteiger partial charge in [0.05, 0.1) is 12.0 Å². The zero-order valence-corrected chi connectivity index (χ0v) is 7.61. The average molecular weight is 219 g/mol. The lowest BCUT2D eigenvalue weighted by Gasteiger charge is -2.06. The number of hydrogen-bond acceptors (Lipinski definition) is 5. The summed E-state index contributed by atoms with van der Waals surface area (Å²) in [6, 6.07) is 0.639. The van der Waals surface area contributed by atoms with Crippen LogP contribution in [0, 0.1) is 10.1 Å². The van der Waals surface area contributed by atoms with Gasteiger partial charge < -0.3 is 10.5 Å². The predicted molar refractivity (Wildman–Crippen MR) is 46.8 cm³/mol. The number of nitrogens with zero attached hydrogens (tertiary/aromatic N) is 2. The molecule has 2 N–H and O–H groups in total. The summed E-state index contributed by atoms with van der Waals surface area (Å²) in [7, 11) is 1.14. The van der Waals surface area contributed by atoms with Crippen molar-refractivity contribution in [3.8, 4) is 5.75 Å². The highest BCUT2D eigenvalue weighted by Crippen LogP contribution is 2.34. The van der Waals surface area contributed by atoms with E-state index in [1.165, 1.54) is 0 Å². The summed E-state index contributed by atoms with van der Waals surface area (Å²) >= 11 is 0. The molecule has 1 aromatic rings. The molecular weight excluding hydrogens is 212 g/mol. The van der Waals surface area contributed by atoms with Gasteiger partial charge in [-0.1, -0.05) is 0 Å². The van der Waals surface area contributed by atoms with E-state index in [2.05, 4.69) is 9.72 Å². The van der Waals surface area contributed by atoms with E-state index in [4.69, 9.17) is 5.73 Å². The Bertz CT molecular complexity index is 397. The number of alkyl halides is 2. The Morgan fingerprint density at radius 2 is 2.27 bits per heavy atom. The van der Waals surface area contributed by atoms with Crippen LogP contribution in [-0.4, -0.2) is 17.0 Å². The molecule has 1 rings (SSSR count). The first-order valence-electron chi connectivity index (χ1n) is 3.74. The standard InChI is InChI=1S/C7H7F2N3O3/c1-15-5-4(12(13)14)2-3(6(8)9)11-7(5)10/h2,6H,1H3,(H2,10,11). The number of nitrogens with two attached hydrogens (primary N) is 1. The van der Waals surface area contributed by atoms with Crippen LogP contribution in [0.15, 0.2) is 6.07 Å². The second-order valence-electron chi connectivity index (χ2n) is 2.54. The van der Waals surface area contributed by atoms with Crippen LogP contribution in [0.2, 0.25) is 0 Å². The summed E-state index contributed by atoms with van der Waals surface area (Å²) in [5.74, 6) is -0.744. The van der Waals surface area contributed by atoms with Crippen LogP contribution < -0.4 is 10.5 Å². The lowest BCUT2D eigenvalue weighted by atomic mass is 10.3. The third-order valence-electron chi connectivity index (χ3n) is 1.62. The first kappa shape index (κ1) is 11.1. The van der Waals surface area contributed by atoms with E-state index in [0.29, 0.717) is 6.07 Å².